The molecule has 1 heterocycles. The van der Waals surface area contributed by atoms with Crippen molar-refractivity contribution in [3.05, 3.63) is 0 Å². The zero-order valence-electron chi connectivity index (χ0n) is 13.7. The molecule has 1 atom stereocenters. The van der Waals surface area contributed by atoms with E-state index in [9.17, 15) is 9.59 Å². The molecule has 1 aliphatic rings. The van der Waals surface area contributed by atoms with Crippen LogP contribution in [0.3, 0.4) is 0 Å². The normalized spacial score (nSPS) is 19.3. The largest absolute Gasteiger partial charge is 0.383 e. The summed E-state index contributed by atoms with van der Waals surface area (Å²) in [6, 6.07) is -0.310. The zero-order chi connectivity index (χ0) is 15.8. The predicted molar refractivity (Wildman–Crippen MR) is 82.0 cm³/mol. The van der Waals surface area contributed by atoms with Crippen molar-refractivity contribution in [2.45, 2.75) is 45.2 Å². The number of nitrogens with zero attached hydrogens (tertiary/aromatic N) is 2. The Balaban J connectivity index is 2.40. The number of hydrogen-bond donors (Lipinski definition) is 1. The van der Waals surface area contributed by atoms with Crippen LogP contribution in [0.4, 0.5) is 0 Å². The molecule has 6 heteroatoms. The first-order valence-electron chi connectivity index (χ1n) is 7.81. The molecule has 0 spiro atoms. The van der Waals surface area contributed by atoms with Gasteiger partial charge in [0.25, 0.3) is 0 Å². The van der Waals surface area contributed by atoms with Crippen LogP contribution in [0.5, 0.6) is 0 Å². The number of carbonyl (C=O) groups is 2. The van der Waals surface area contributed by atoms with E-state index < -0.39 is 0 Å². The van der Waals surface area contributed by atoms with Crippen molar-refractivity contribution < 1.29 is 14.3 Å². The number of ether oxygens (including phenoxy) is 1. The van der Waals surface area contributed by atoms with E-state index in [1.54, 1.807) is 7.11 Å². The second-order valence-electron chi connectivity index (χ2n) is 5.58. The highest BCUT2D eigenvalue weighted by Gasteiger charge is 2.40. The molecule has 1 aliphatic heterocycles. The van der Waals surface area contributed by atoms with Crippen molar-refractivity contribution in [3.8, 4) is 0 Å². The molecule has 0 saturated carbocycles. The number of likely N-dealkylation sites (N-methyl/N-ethyl adjacent to an activating group) is 1. The van der Waals surface area contributed by atoms with Crippen LogP contribution in [0.2, 0.25) is 0 Å². The Morgan fingerprint density at radius 2 is 2.00 bits per heavy atom. The number of hydrogen-bond acceptors (Lipinski definition) is 5. The summed E-state index contributed by atoms with van der Waals surface area (Å²) < 4.78 is 5.02. The fourth-order valence-electron chi connectivity index (χ4n) is 2.64. The quantitative estimate of drug-likeness (QED) is 0.594. The maximum atomic E-state index is 12.3. The molecule has 1 saturated heterocycles. The van der Waals surface area contributed by atoms with Crippen LogP contribution in [0, 0.1) is 0 Å². The summed E-state index contributed by atoms with van der Waals surface area (Å²) in [6.07, 6.45) is 1.93. The van der Waals surface area contributed by atoms with E-state index in [2.05, 4.69) is 10.2 Å². The summed E-state index contributed by atoms with van der Waals surface area (Å²) in [7, 11) is 3.69. The molecule has 0 aromatic carbocycles. The van der Waals surface area contributed by atoms with E-state index in [1.807, 2.05) is 20.9 Å². The molecule has 122 valence electrons. The molecule has 1 fully saturated rings. The average molecular weight is 299 g/mol. The van der Waals surface area contributed by atoms with Crippen LogP contribution < -0.4 is 5.32 Å². The van der Waals surface area contributed by atoms with E-state index in [0.717, 1.165) is 25.9 Å². The maximum Gasteiger partial charge on any atom is 0.247 e. The first-order chi connectivity index (χ1) is 10.0. The number of likely N-dealkylation sites (tertiary alicyclic amines) is 1. The van der Waals surface area contributed by atoms with Gasteiger partial charge in [-0.1, -0.05) is 13.8 Å². The minimum Gasteiger partial charge on any atom is -0.383 e. The van der Waals surface area contributed by atoms with Gasteiger partial charge in [0, 0.05) is 32.8 Å². The van der Waals surface area contributed by atoms with Gasteiger partial charge in [0.15, 0.2) is 0 Å². The summed E-state index contributed by atoms with van der Waals surface area (Å²) >= 11 is 0. The zero-order valence-corrected chi connectivity index (χ0v) is 13.7. The Morgan fingerprint density at radius 1 is 1.33 bits per heavy atom. The third-order valence-electron chi connectivity index (χ3n) is 4.05. The smallest absolute Gasteiger partial charge is 0.247 e. The van der Waals surface area contributed by atoms with Gasteiger partial charge in [-0.2, -0.15) is 0 Å². The van der Waals surface area contributed by atoms with E-state index >= 15 is 0 Å². The number of imide groups is 1. The molecule has 0 radical (unpaired) electrons. The summed E-state index contributed by atoms with van der Waals surface area (Å²) in [6.45, 7) is 7.10. The van der Waals surface area contributed by atoms with Gasteiger partial charge in [0.05, 0.1) is 19.1 Å². The van der Waals surface area contributed by atoms with Crippen LogP contribution >= 0.6 is 0 Å². The van der Waals surface area contributed by atoms with Gasteiger partial charge in [-0.15, -0.1) is 0 Å². The molecule has 2 amide bonds. The highest BCUT2D eigenvalue weighted by atomic mass is 16.5. The molecule has 0 bridgehead atoms. The van der Waals surface area contributed by atoms with Crippen molar-refractivity contribution in [2.24, 2.45) is 0 Å². The molecule has 1 rings (SSSR count). The summed E-state index contributed by atoms with van der Waals surface area (Å²) in [5.74, 6) is -0.104. The van der Waals surface area contributed by atoms with Crippen LogP contribution in [-0.2, 0) is 14.3 Å². The molecular formula is C15H29N3O3. The highest BCUT2D eigenvalue weighted by molar-refractivity contribution is 6.05. The molecule has 21 heavy (non-hydrogen) atoms. The van der Waals surface area contributed by atoms with Crippen molar-refractivity contribution in [2.75, 3.05) is 40.4 Å². The second kappa shape index (κ2) is 9.12. The van der Waals surface area contributed by atoms with Crippen LogP contribution in [0.15, 0.2) is 0 Å². The van der Waals surface area contributed by atoms with E-state index in [-0.39, 0.29) is 30.3 Å². The maximum absolute atomic E-state index is 12.3. The highest BCUT2D eigenvalue weighted by Crippen LogP contribution is 2.19. The first kappa shape index (κ1) is 18.1. The van der Waals surface area contributed by atoms with Crippen molar-refractivity contribution in [1.29, 1.82) is 0 Å². The number of rotatable bonds is 10. The standard InChI is InChI=1S/C15H29N3O3/c1-5-12(6-2)18-14(19)11-13(15(18)20)16-7-8-17(3)9-10-21-4/h12-13,16H,5-11H2,1-4H3. The molecule has 0 aliphatic carbocycles. The van der Waals surface area contributed by atoms with Crippen molar-refractivity contribution in [3.63, 3.8) is 0 Å². The third-order valence-corrected chi connectivity index (χ3v) is 4.05. The number of methoxy groups -OCH3 is 1. The fraction of sp³-hybridized carbons (Fsp3) is 0.867. The van der Waals surface area contributed by atoms with Crippen molar-refractivity contribution >= 4 is 11.8 Å². The Labute approximate surface area is 127 Å². The summed E-state index contributed by atoms with van der Waals surface area (Å²) in [5, 5.41) is 3.21. The molecule has 6 nitrogen and oxygen atoms in total. The molecule has 0 aromatic heterocycles. The SMILES string of the molecule is CCC(CC)N1C(=O)CC(NCCN(C)CCOC)C1=O. The fourth-order valence-corrected chi connectivity index (χ4v) is 2.64. The lowest BCUT2D eigenvalue weighted by Gasteiger charge is -2.24. The Hall–Kier alpha value is -0.980. The van der Waals surface area contributed by atoms with Gasteiger partial charge < -0.3 is 15.0 Å². The molecule has 1 N–H and O–H groups in total. The Morgan fingerprint density at radius 3 is 2.57 bits per heavy atom. The third kappa shape index (κ3) is 5.05. The molecule has 0 aromatic rings. The monoisotopic (exact) mass is 299 g/mol. The van der Waals surface area contributed by atoms with Gasteiger partial charge in [0.1, 0.15) is 0 Å². The van der Waals surface area contributed by atoms with Crippen LogP contribution in [-0.4, -0.2) is 74.1 Å². The Bertz CT molecular complexity index is 345. The van der Waals surface area contributed by atoms with Gasteiger partial charge >= 0.3 is 0 Å². The van der Waals surface area contributed by atoms with Gasteiger partial charge in [-0.05, 0) is 19.9 Å². The van der Waals surface area contributed by atoms with E-state index in [0.29, 0.717) is 13.2 Å². The molecular weight excluding hydrogens is 270 g/mol. The van der Waals surface area contributed by atoms with E-state index in [4.69, 9.17) is 4.74 Å². The minimum atomic E-state index is -0.353. The lowest BCUT2D eigenvalue weighted by atomic mass is 10.1. The summed E-state index contributed by atoms with van der Waals surface area (Å²) in [4.78, 5) is 28.0. The average Bonchev–Trinajstić information content (AvgIpc) is 2.74. The number of nitrogens with one attached hydrogen (secondary N) is 1. The topological polar surface area (TPSA) is 61.9 Å². The van der Waals surface area contributed by atoms with Crippen LogP contribution in [0.1, 0.15) is 33.1 Å². The summed E-state index contributed by atoms with van der Waals surface area (Å²) in [5.41, 5.74) is 0. The number of carbonyl (C=O) groups excluding carboxylic acids is 2. The van der Waals surface area contributed by atoms with E-state index in [1.165, 1.54) is 4.90 Å². The van der Waals surface area contributed by atoms with Gasteiger partial charge in [0.2, 0.25) is 11.8 Å². The lowest BCUT2D eigenvalue weighted by Crippen LogP contribution is -2.45. The van der Waals surface area contributed by atoms with Gasteiger partial charge in [-0.3, -0.25) is 14.5 Å². The van der Waals surface area contributed by atoms with Gasteiger partial charge in [-0.25, -0.2) is 0 Å². The van der Waals surface area contributed by atoms with Crippen molar-refractivity contribution in [1.82, 2.24) is 15.1 Å². The predicted octanol–water partition coefficient (Wildman–Crippen LogP) is 0.470. The second-order valence-corrected chi connectivity index (χ2v) is 5.58. The molecule has 1 unspecified atom stereocenters. The van der Waals surface area contributed by atoms with Crippen LogP contribution in [0.25, 0.3) is 0 Å². The lowest BCUT2D eigenvalue weighted by molar-refractivity contribution is -0.141. The number of amides is 2. The first-order valence-corrected chi connectivity index (χ1v) is 7.81. The Kier molecular flexibility index (Phi) is 7.85. The minimum absolute atomic E-state index is 0.0427.